The van der Waals surface area contributed by atoms with Crippen LogP contribution in [-0.4, -0.2) is 29.9 Å². The topological polar surface area (TPSA) is 37.4 Å². The molecule has 1 aliphatic rings. The fraction of sp³-hybridized carbons (Fsp3) is 0.100. The fourth-order valence-corrected chi connectivity index (χ4v) is 6.42. The van der Waals surface area contributed by atoms with Gasteiger partial charge < -0.3 is 0 Å². The number of benzene rings is 3. The third-order valence-corrected chi connectivity index (χ3v) is 8.20. The van der Waals surface area contributed by atoms with E-state index in [0.29, 0.717) is 13.0 Å². The molecule has 0 amide bonds. The average Bonchev–Trinajstić information content (AvgIpc) is 3.07. The summed E-state index contributed by atoms with van der Waals surface area (Å²) >= 11 is 0.194. The normalized spacial score (nSPS) is 13.7. The van der Waals surface area contributed by atoms with Crippen molar-refractivity contribution in [2.75, 3.05) is 10.8 Å². The van der Waals surface area contributed by atoms with Gasteiger partial charge in [0.1, 0.15) is 0 Å². The first kappa shape index (κ1) is 17.3. The third-order valence-electron chi connectivity index (χ3n) is 4.28. The Bertz CT molecular complexity index is 1040. The van der Waals surface area contributed by atoms with Gasteiger partial charge in [0.15, 0.2) is 0 Å². The third kappa shape index (κ3) is 3.28. The Morgan fingerprint density at radius 3 is 2.35 bits per heavy atom. The molecule has 0 fully saturated rings. The van der Waals surface area contributed by atoms with E-state index in [-0.39, 0.29) is 19.9 Å². The van der Waals surface area contributed by atoms with Crippen LogP contribution >= 0.6 is 0 Å². The molecule has 3 aromatic rings. The van der Waals surface area contributed by atoms with Crippen molar-refractivity contribution in [1.82, 2.24) is 0 Å². The molecule has 0 saturated carbocycles. The van der Waals surface area contributed by atoms with Crippen molar-refractivity contribution in [1.29, 1.82) is 0 Å². The zero-order chi connectivity index (χ0) is 18.1. The molecule has 132 valence electrons. The van der Waals surface area contributed by atoms with E-state index >= 15 is 0 Å². The van der Waals surface area contributed by atoms with Crippen molar-refractivity contribution in [3.8, 4) is 0 Å². The minimum absolute atomic E-state index is 0.115. The molecule has 1 aliphatic heterocycles. The molecule has 0 unspecified atom stereocenters. The summed E-state index contributed by atoms with van der Waals surface area (Å²) < 4.78 is 42.8. The molecule has 26 heavy (non-hydrogen) atoms. The van der Waals surface area contributed by atoms with Gasteiger partial charge in [0.05, 0.1) is 0 Å². The zero-order valence-electron chi connectivity index (χ0n) is 13.8. The molecule has 6 heteroatoms. The van der Waals surface area contributed by atoms with Crippen molar-refractivity contribution < 1.29 is 12.8 Å². The molecule has 0 aliphatic carbocycles. The summed E-state index contributed by atoms with van der Waals surface area (Å²) in [5.41, 5.74) is 1.77. The van der Waals surface area contributed by atoms with Gasteiger partial charge in [-0.05, 0) is 0 Å². The van der Waals surface area contributed by atoms with E-state index in [0.717, 1.165) is 11.3 Å². The first-order chi connectivity index (χ1) is 12.5. The summed E-state index contributed by atoms with van der Waals surface area (Å²) in [6.45, 7) is 0.414. The SMILES string of the molecule is O=S(=O)(c1ccc(F)cc1)N1CCc2cc([Se]c3ccccc3)ccc21. The summed E-state index contributed by atoms with van der Waals surface area (Å²) in [4.78, 5) is 0.115. The quantitative estimate of drug-likeness (QED) is 0.593. The van der Waals surface area contributed by atoms with E-state index in [2.05, 4.69) is 18.2 Å². The van der Waals surface area contributed by atoms with E-state index in [1.807, 2.05) is 30.3 Å². The molecule has 4 rings (SSSR count). The molecule has 3 aromatic carbocycles. The van der Waals surface area contributed by atoms with E-state index in [9.17, 15) is 12.8 Å². The molecule has 0 radical (unpaired) electrons. The van der Waals surface area contributed by atoms with Gasteiger partial charge in [0, 0.05) is 0 Å². The first-order valence-electron chi connectivity index (χ1n) is 8.18. The maximum atomic E-state index is 13.1. The van der Waals surface area contributed by atoms with E-state index < -0.39 is 15.8 Å². The summed E-state index contributed by atoms with van der Waals surface area (Å²) in [5, 5.41) is 0. The molecule has 3 nitrogen and oxygen atoms in total. The number of fused-ring (bicyclic) bond motifs is 1. The monoisotopic (exact) mass is 433 g/mol. The number of hydrogen-bond donors (Lipinski definition) is 0. The van der Waals surface area contributed by atoms with Crippen molar-refractivity contribution in [3.05, 3.63) is 84.2 Å². The van der Waals surface area contributed by atoms with Crippen molar-refractivity contribution >= 4 is 39.6 Å². The Kier molecular flexibility index (Phi) is 4.57. The van der Waals surface area contributed by atoms with E-state index in [1.165, 1.54) is 37.5 Å². The molecular weight excluding hydrogens is 416 g/mol. The minimum atomic E-state index is -3.67. The Labute approximate surface area is 158 Å². The standard InChI is InChI=1S/C20H16FNO2SSe/c21-16-6-8-17(9-7-16)25(23,24)22-13-12-15-14-19(10-11-20(15)22)26-18-4-2-1-3-5-18/h1-11,14H,12-13H2. The van der Waals surface area contributed by atoms with Gasteiger partial charge in [-0.25, -0.2) is 0 Å². The number of nitrogens with zero attached hydrogens (tertiary/aromatic N) is 1. The average molecular weight is 432 g/mol. The second-order valence-corrected chi connectivity index (χ2v) is 10.3. The molecule has 1 heterocycles. The second-order valence-electron chi connectivity index (χ2n) is 5.99. The van der Waals surface area contributed by atoms with E-state index in [4.69, 9.17) is 0 Å². The number of hydrogen-bond acceptors (Lipinski definition) is 2. The van der Waals surface area contributed by atoms with Gasteiger partial charge in [-0.15, -0.1) is 0 Å². The van der Waals surface area contributed by atoms with Crippen LogP contribution in [0.2, 0.25) is 0 Å². The summed E-state index contributed by atoms with van der Waals surface area (Å²) in [7, 11) is -3.67. The molecule has 0 saturated heterocycles. The van der Waals surface area contributed by atoms with Gasteiger partial charge in [-0.2, -0.15) is 0 Å². The number of sulfonamides is 1. The van der Waals surface area contributed by atoms with Crippen LogP contribution in [0.4, 0.5) is 10.1 Å². The molecular formula is C20H16FNO2SSe. The Morgan fingerprint density at radius 2 is 1.62 bits per heavy atom. The van der Waals surface area contributed by atoms with Gasteiger partial charge in [-0.3, -0.25) is 0 Å². The number of halogens is 1. The summed E-state index contributed by atoms with van der Waals surface area (Å²) in [6.07, 6.45) is 0.689. The molecule has 0 aromatic heterocycles. The predicted molar refractivity (Wildman–Crippen MR) is 103 cm³/mol. The zero-order valence-corrected chi connectivity index (χ0v) is 16.3. The van der Waals surface area contributed by atoms with Crippen molar-refractivity contribution in [3.63, 3.8) is 0 Å². The second kappa shape index (κ2) is 6.88. The molecule has 0 atom stereocenters. The predicted octanol–water partition coefficient (Wildman–Crippen LogP) is 2.23. The Hall–Kier alpha value is -2.14. The van der Waals surface area contributed by atoms with Crippen LogP contribution in [0.15, 0.2) is 77.7 Å². The van der Waals surface area contributed by atoms with Crippen LogP contribution in [0.5, 0.6) is 0 Å². The molecule has 0 spiro atoms. The van der Waals surface area contributed by atoms with Crippen LogP contribution in [0.3, 0.4) is 0 Å². The number of rotatable bonds is 4. The maximum absolute atomic E-state index is 13.1. The van der Waals surface area contributed by atoms with Crippen LogP contribution in [0, 0.1) is 5.82 Å². The number of anilines is 1. The summed E-state index contributed by atoms with van der Waals surface area (Å²) in [5.74, 6) is -0.446. The van der Waals surface area contributed by atoms with Crippen LogP contribution in [0.1, 0.15) is 5.56 Å². The summed E-state index contributed by atoms with van der Waals surface area (Å²) in [6, 6.07) is 21.3. The van der Waals surface area contributed by atoms with Crippen molar-refractivity contribution in [2.24, 2.45) is 0 Å². The van der Waals surface area contributed by atoms with Crippen LogP contribution in [-0.2, 0) is 16.4 Å². The van der Waals surface area contributed by atoms with Gasteiger partial charge in [0.2, 0.25) is 0 Å². The van der Waals surface area contributed by atoms with Gasteiger partial charge in [0.25, 0.3) is 0 Å². The van der Waals surface area contributed by atoms with Crippen molar-refractivity contribution in [2.45, 2.75) is 11.3 Å². The van der Waals surface area contributed by atoms with Crippen LogP contribution < -0.4 is 13.2 Å². The Balaban J connectivity index is 1.63. The Morgan fingerprint density at radius 1 is 0.885 bits per heavy atom. The van der Waals surface area contributed by atoms with Gasteiger partial charge in [-0.1, -0.05) is 0 Å². The first-order valence-corrected chi connectivity index (χ1v) is 11.3. The fourth-order valence-electron chi connectivity index (χ4n) is 3.02. The molecule has 0 bridgehead atoms. The van der Waals surface area contributed by atoms with E-state index in [1.54, 1.807) is 0 Å². The van der Waals surface area contributed by atoms with Crippen LogP contribution in [0.25, 0.3) is 0 Å². The molecule has 0 N–H and O–H groups in total. The van der Waals surface area contributed by atoms with Gasteiger partial charge >= 0.3 is 159 Å².